The average molecular weight is 291 g/mol. The number of nitrogens with one attached hydrogen (secondary N) is 2. The number of amides is 2. The largest absolute Gasteiger partial charge is 0.345 e. The molecule has 0 aromatic heterocycles. The number of nitro groups is 1. The number of non-ortho nitro benzene ring substituents is 1. The van der Waals surface area contributed by atoms with Crippen LogP contribution in [0.4, 0.5) is 11.4 Å². The summed E-state index contributed by atoms with van der Waals surface area (Å²) in [5, 5.41) is 16.1. The highest BCUT2D eigenvalue weighted by Crippen LogP contribution is 2.38. The predicted octanol–water partition coefficient (Wildman–Crippen LogP) is 1.72. The van der Waals surface area contributed by atoms with Gasteiger partial charge in [-0.25, -0.2) is 0 Å². The second kappa shape index (κ2) is 5.16. The van der Waals surface area contributed by atoms with E-state index in [0.717, 1.165) is 5.56 Å². The standard InChI is InChI=1S/C14H17N3O4/c1-8(18)15-12-7-14(2,3)10-5-4-9(17(20)21)6-11(10)16-13(12)19/h4-6,12H,7H2,1-3H3,(H,15,18)(H,16,19). The molecular formula is C14H17N3O4. The molecule has 0 radical (unpaired) electrons. The molecule has 2 N–H and O–H groups in total. The van der Waals surface area contributed by atoms with Crippen LogP contribution in [-0.4, -0.2) is 22.8 Å². The van der Waals surface area contributed by atoms with Crippen LogP contribution >= 0.6 is 0 Å². The third-order valence-corrected chi connectivity index (χ3v) is 3.61. The lowest BCUT2D eigenvalue weighted by Crippen LogP contribution is -2.44. The summed E-state index contributed by atoms with van der Waals surface area (Å²) in [4.78, 5) is 33.8. The van der Waals surface area contributed by atoms with Crippen molar-refractivity contribution in [3.8, 4) is 0 Å². The number of fused-ring (bicyclic) bond motifs is 1. The van der Waals surface area contributed by atoms with Crippen LogP contribution in [0.15, 0.2) is 18.2 Å². The molecule has 2 rings (SSSR count). The number of nitro benzene ring substituents is 1. The van der Waals surface area contributed by atoms with Crippen LogP contribution in [0, 0.1) is 10.1 Å². The van der Waals surface area contributed by atoms with Crippen molar-refractivity contribution >= 4 is 23.2 Å². The Morgan fingerprint density at radius 1 is 1.48 bits per heavy atom. The van der Waals surface area contributed by atoms with Crippen LogP contribution in [0.1, 0.15) is 32.8 Å². The topological polar surface area (TPSA) is 101 Å². The molecular weight excluding hydrogens is 274 g/mol. The zero-order valence-electron chi connectivity index (χ0n) is 12.1. The predicted molar refractivity (Wildman–Crippen MR) is 77.0 cm³/mol. The summed E-state index contributed by atoms with van der Waals surface area (Å²) in [5.74, 6) is -0.652. The van der Waals surface area contributed by atoms with E-state index in [-0.39, 0.29) is 17.5 Å². The molecule has 1 heterocycles. The minimum Gasteiger partial charge on any atom is -0.345 e. The third-order valence-electron chi connectivity index (χ3n) is 3.61. The molecule has 1 atom stereocenters. The van der Waals surface area contributed by atoms with Crippen LogP contribution in [0.25, 0.3) is 0 Å². The third kappa shape index (κ3) is 3.01. The van der Waals surface area contributed by atoms with Gasteiger partial charge >= 0.3 is 0 Å². The highest BCUT2D eigenvalue weighted by molar-refractivity contribution is 5.99. The molecule has 0 aliphatic carbocycles. The van der Waals surface area contributed by atoms with E-state index in [1.54, 1.807) is 6.07 Å². The van der Waals surface area contributed by atoms with Gasteiger partial charge in [-0.15, -0.1) is 0 Å². The molecule has 7 nitrogen and oxygen atoms in total. The zero-order chi connectivity index (χ0) is 15.8. The summed E-state index contributed by atoms with van der Waals surface area (Å²) in [6, 6.07) is 3.77. The molecule has 1 aromatic carbocycles. The van der Waals surface area contributed by atoms with Crippen molar-refractivity contribution in [3.05, 3.63) is 33.9 Å². The zero-order valence-corrected chi connectivity index (χ0v) is 12.1. The van der Waals surface area contributed by atoms with Crippen LogP contribution in [-0.2, 0) is 15.0 Å². The van der Waals surface area contributed by atoms with Gasteiger partial charge in [0.1, 0.15) is 6.04 Å². The number of nitrogens with zero attached hydrogens (tertiary/aromatic N) is 1. The number of anilines is 1. The van der Waals surface area contributed by atoms with Gasteiger partial charge in [-0.1, -0.05) is 13.8 Å². The Balaban J connectivity index is 2.45. The van der Waals surface area contributed by atoms with E-state index in [0.29, 0.717) is 12.1 Å². The maximum atomic E-state index is 12.2. The molecule has 0 fully saturated rings. The number of hydrogen-bond donors (Lipinski definition) is 2. The minimum absolute atomic E-state index is 0.0807. The van der Waals surface area contributed by atoms with Crippen LogP contribution in [0.5, 0.6) is 0 Å². The molecule has 0 bridgehead atoms. The van der Waals surface area contributed by atoms with E-state index >= 15 is 0 Å². The van der Waals surface area contributed by atoms with Crippen LogP contribution in [0.2, 0.25) is 0 Å². The molecule has 1 aliphatic heterocycles. The lowest BCUT2D eigenvalue weighted by Gasteiger charge is -2.27. The molecule has 0 spiro atoms. The van der Waals surface area contributed by atoms with Gasteiger partial charge in [0.2, 0.25) is 11.8 Å². The van der Waals surface area contributed by atoms with Gasteiger partial charge in [-0.3, -0.25) is 19.7 Å². The number of benzene rings is 1. The Bertz CT molecular complexity index is 625. The Morgan fingerprint density at radius 2 is 2.14 bits per heavy atom. The van der Waals surface area contributed by atoms with Crippen LogP contribution < -0.4 is 10.6 Å². The maximum absolute atomic E-state index is 12.2. The molecule has 7 heteroatoms. The molecule has 1 aliphatic rings. The normalized spacial score (nSPS) is 20.0. The average Bonchev–Trinajstić information content (AvgIpc) is 2.44. The first-order valence-corrected chi connectivity index (χ1v) is 6.57. The summed E-state index contributed by atoms with van der Waals surface area (Å²) in [6.07, 6.45) is 0.420. The summed E-state index contributed by atoms with van der Waals surface area (Å²) < 4.78 is 0. The fourth-order valence-corrected chi connectivity index (χ4v) is 2.63. The number of rotatable bonds is 2. The second-order valence-corrected chi connectivity index (χ2v) is 5.82. The van der Waals surface area contributed by atoms with E-state index in [2.05, 4.69) is 10.6 Å². The monoisotopic (exact) mass is 291 g/mol. The van der Waals surface area contributed by atoms with Crippen molar-refractivity contribution in [2.45, 2.75) is 38.6 Å². The smallest absolute Gasteiger partial charge is 0.271 e. The van der Waals surface area contributed by atoms with E-state index in [1.807, 2.05) is 13.8 Å². The molecule has 1 aromatic rings. The lowest BCUT2D eigenvalue weighted by molar-refractivity contribution is -0.384. The van der Waals surface area contributed by atoms with Crippen molar-refractivity contribution in [2.75, 3.05) is 5.32 Å². The molecule has 112 valence electrons. The molecule has 0 saturated heterocycles. The van der Waals surface area contributed by atoms with Gasteiger partial charge in [0.25, 0.3) is 5.69 Å². The van der Waals surface area contributed by atoms with Crippen molar-refractivity contribution in [2.24, 2.45) is 0 Å². The van der Waals surface area contributed by atoms with E-state index in [4.69, 9.17) is 0 Å². The Labute approximate surface area is 121 Å². The van der Waals surface area contributed by atoms with E-state index in [1.165, 1.54) is 19.1 Å². The van der Waals surface area contributed by atoms with E-state index in [9.17, 15) is 19.7 Å². The number of carbonyl (C=O) groups is 2. The highest BCUT2D eigenvalue weighted by Gasteiger charge is 2.36. The summed E-state index contributed by atoms with van der Waals surface area (Å²) in [7, 11) is 0. The lowest BCUT2D eigenvalue weighted by atomic mass is 9.79. The Hall–Kier alpha value is -2.44. The van der Waals surface area contributed by atoms with Gasteiger partial charge in [0, 0.05) is 19.1 Å². The van der Waals surface area contributed by atoms with Gasteiger partial charge in [0.05, 0.1) is 10.6 Å². The summed E-state index contributed by atoms with van der Waals surface area (Å²) in [5.41, 5.74) is 0.751. The number of carbonyl (C=O) groups excluding carboxylic acids is 2. The van der Waals surface area contributed by atoms with Crippen molar-refractivity contribution in [3.63, 3.8) is 0 Å². The molecule has 0 saturated carbocycles. The van der Waals surface area contributed by atoms with Crippen molar-refractivity contribution in [1.29, 1.82) is 0 Å². The Morgan fingerprint density at radius 3 is 2.71 bits per heavy atom. The summed E-state index contributed by atoms with van der Waals surface area (Å²) in [6.45, 7) is 5.22. The molecule has 2 amide bonds. The Kier molecular flexibility index (Phi) is 3.67. The molecule has 21 heavy (non-hydrogen) atoms. The first-order chi connectivity index (χ1) is 9.70. The number of hydrogen-bond acceptors (Lipinski definition) is 4. The first kappa shape index (κ1) is 15.0. The van der Waals surface area contributed by atoms with Crippen LogP contribution in [0.3, 0.4) is 0 Å². The fourth-order valence-electron chi connectivity index (χ4n) is 2.63. The maximum Gasteiger partial charge on any atom is 0.271 e. The SMILES string of the molecule is CC(=O)NC1CC(C)(C)c2ccc([N+](=O)[O-])cc2NC1=O. The first-order valence-electron chi connectivity index (χ1n) is 6.57. The van der Waals surface area contributed by atoms with Crippen molar-refractivity contribution in [1.82, 2.24) is 5.32 Å². The van der Waals surface area contributed by atoms with Gasteiger partial charge in [-0.2, -0.15) is 0 Å². The van der Waals surface area contributed by atoms with Crippen molar-refractivity contribution < 1.29 is 14.5 Å². The molecule has 1 unspecified atom stereocenters. The quantitative estimate of drug-likeness (QED) is 0.639. The van der Waals surface area contributed by atoms with Gasteiger partial charge < -0.3 is 10.6 Å². The fraction of sp³-hybridized carbons (Fsp3) is 0.429. The highest BCUT2D eigenvalue weighted by atomic mass is 16.6. The van der Waals surface area contributed by atoms with Gasteiger partial charge in [-0.05, 0) is 23.5 Å². The summed E-state index contributed by atoms with van der Waals surface area (Å²) >= 11 is 0. The van der Waals surface area contributed by atoms with E-state index < -0.39 is 16.4 Å². The minimum atomic E-state index is -0.663. The van der Waals surface area contributed by atoms with Gasteiger partial charge in [0.15, 0.2) is 0 Å². The second-order valence-electron chi connectivity index (χ2n) is 5.82.